The van der Waals surface area contributed by atoms with Gasteiger partial charge in [-0.2, -0.15) is 0 Å². The van der Waals surface area contributed by atoms with Crippen molar-refractivity contribution < 1.29 is 13.2 Å². The van der Waals surface area contributed by atoms with Crippen LogP contribution >= 0.6 is 0 Å². The first kappa shape index (κ1) is 25.6. The van der Waals surface area contributed by atoms with Gasteiger partial charge in [-0.25, -0.2) is 13.6 Å². The Balaban J connectivity index is 1.59. The average molecular weight is 514 g/mol. The van der Waals surface area contributed by atoms with Crippen LogP contribution in [0.4, 0.5) is 11.4 Å². The minimum Gasteiger partial charge on any atom is -0.388 e. The van der Waals surface area contributed by atoms with Crippen LogP contribution in [-0.4, -0.2) is 27.2 Å². The fraction of sp³-hybridized carbons (Fsp3) is 0.0714. The van der Waals surface area contributed by atoms with Gasteiger partial charge in [-0.3, -0.25) is 10.2 Å². The highest BCUT2D eigenvalue weighted by Gasteiger charge is 2.16. The van der Waals surface area contributed by atoms with E-state index in [1.807, 2.05) is 37.4 Å². The monoisotopic (exact) mass is 513 g/mol. The van der Waals surface area contributed by atoms with Crippen LogP contribution in [0.15, 0.2) is 95.9 Å². The summed E-state index contributed by atoms with van der Waals surface area (Å²) in [7, 11) is -2.07. The molecule has 8 nitrogen and oxygen atoms in total. The molecule has 0 saturated heterocycles. The standard InChI is InChI=1S/C28H27N5O3S/c1-32-23-13-14-25(21(17-23)16-18-5-4-6-20(15-18)27(29)30)28(34)33-22-11-9-19(10-12-22)24-7-2-3-8-26(24)37(31,35)36/h2-15,17,32H,16H2,1H3,(H3,29,30)(H,33,34)(H2,31,35,36). The zero-order chi connectivity index (χ0) is 26.6. The molecule has 0 fully saturated rings. The summed E-state index contributed by atoms with van der Waals surface area (Å²) in [6.07, 6.45) is 0.475. The van der Waals surface area contributed by atoms with Gasteiger partial charge in [0.1, 0.15) is 5.84 Å². The number of nitrogens with two attached hydrogens (primary N) is 2. The molecule has 0 aliphatic heterocycles. The molecule has 4 aromatic carbocycles. The first-order valence-electron chi connectivity index (χ1n) is 11.4. The van der Waals surface area contributed by atoms with Crippen LogP contribution in [0, 0.1) is 5.41 Å². The second-order valence-corrected chi connectivity index (χ2v) is 10.0. The summed E-state index contributed by atoms with van der Waals surface area (Å²) < 4.78 is 23.9. The van der Waals surface area contributed by atoms with Gasteiger partial charge in [-0.1, -0.05) is 48.5 Å². The highest BCUT2D eigenvalue weighted by molar-refractivity contribution is 7.89. The van der Waals surface area contributed by atoms with E-state index in [0.29, 0.717) is 34.4 Å². The Morgan fingerprint density at radius 2 is 1.59 bits per heavy atom. The molecule has 0 saturated carbocycles. The zero-order valence-electron chi connectivity index (χ0n) is 20.2. The topological polar surface area (TPSA) is 151 Å². The molecule has 0 aromatic heterocycles. The van der Waals surface area contributed by atoms with Gasteiger partial charge in [0.15, 0.2) is 0 Å². The van der Waals surface area contributed by atoms with Crippen LogP contribution in [0.1, 0.15) is 27.0 Å². The quantitative estimate of drug-likeness (QED) is 0.177. The van der Waals surface area contributed by atoms with Crippen LogP contribution in [0.25, 0.3) is 11.1 Å². The Morgan fingerprint density at radius 1 is 0.892 bits per heavy atom. The molecule has 0 spiro atoms. The van der Waals surface area contributed by atoms with Crippen molar-refractivity contribution in [1.82, 2.24) is 0 Å². The maximum atomic E-state index is 13.3. The summed E-state index contributed by atoms with van der Waals surface area (Å²) in [6.45, 7) is 0. The van der Waals surface area contributed by atoms with Crippen LogP contribution in [0.2, 0.25) is 0 Å². The van der Waals surface area contributed by atoms with Crippen LogP contribution in [0.5, 0.6) is 0 Å². The van der Waals surface area contributed by atoms with E-state index in [2.05, 4.69) is 10.6 Å². The second-order valence-electron chi connectivity index (χ2n) is 8.49. The smallest absolute Gasteiger partial charge is 0.255 e. The lowest BCUT2D eigenvalue weighted by Gasteiger charge is -2.14. The largest absolute Gasteiger partial charge is 0.388 e. The number of sulfonamides is 1. The van der Waals surface area contributed by atoms with E-state index in [9.17, 15) is 13.2 Å². The molecule has 0 aliphatic rings. The van der Waals surface area contributed by atoms with E-state index in [4.69, 9.17) is 16.3 Å². The van der Waals surface area contributed by atoms with E-state index in [-0.39, 0.29) is 16.6 Å². The molecule has 4 rings (SSSR count). The molecule has 188 valence electrons. The Labute approximate surface area is 215 Å². The molecule has 0 unspecified atom stereocenters. The number of rotatable bonds is 8. The molecule has 7 N–H and O–H groups in total. The number of amidine groups is 1. The van der Waals surface area contributed by atoms with Crippen molar-refractivity contribution in [3.8, 4) is 11.1 Å². The van der Waals surface area contributed by atoms with Crippen LogP contribution in [-0.2, 0) is 16.4 Å². The highest BCUT2D eigenvalue weighted by Crippen LogP contribution is 2.28. The van der Waals surface area contributed by atoms with Crippen molar-refractivity contribution in [3.63, 3.8) is 0 Å². The van der Waals surface area contributed by atoms with Gasteiger partial charge in [0.25, 0.3) is 5.91 Å². The average Bonchev–Trinajstić information content (AvgIpc) is 2.88. The lowest BCUT2D eigenvalue weighted by Crippen LogP contribution is -2.15. The van der Waals surface area contributed by atoms with Gasteiger partial charge in [-0.05, 0) is 65.6 Å². The van der Waals surface area contributed by atoms with E-state index >= 15 is 0 Å². The highest BCUT2D eigenvalue weighted by atomic mass is 32.2. The Kier molecular flexibility index (Phi) is 7.37. The maximum absolute atomic E-state index is 13.3. The zero-order valence-corrected chi connectivity index (χ0v) is 21.0. The maximum Gasteiger partial charge on any atom is 0.255 e. The minimum absolute atomic E-state index is 0.0149. The molecule has 0 atom stereocenters. The summed E-state index contributed by atoms with van der Waals surface area (Å²) in [4.78, 5) is 13.3. The lowest BCUT2D eigenvalue weighted by molar-refractivity contribution is 0.102. The minimum atomic E-state index is -3.88. The van der Waals surface area contributed by atoms with Crippen molar-refractivity contribution in [2.24, 2.45) is 10.9 Å². The molecular weight excluding hydrogens is 486 g/mol. The number of primary sulfonamides is 1. The predicted molar refractivity (Wildman–Crippen MR) is 147 cm³/mol. The molecule has 1 amide bonds. The summed E-state index contributed by atoms with van der Waals surface area (Å²) in [5.41, 5.74) is 11.1. The normalized spacial score (nSPS) is 11.1. The van der Waals surface area contributed by atoms with Crippen molar-refractivity contribution >= 4 is 33.1 Å². The summed E-state index contributed by atoms with van der Waals surface area (Å²) in [5, 5.41) is 19.1. The molecule has 37 heavy (non-hydrogen) atoms. The summed E-state index contributed by atoms with van der Waals surface area (Å²) in [5.74, 6) is -0.294. The molecule has 0 heterocycles. The Morgan fingerprint density at radius 3 is 2.27 bits per heavy atom. The van der Waals surface area contributed by atoms with E-state index in [1.54, 1.807) is 54.6 Å². The number of hydrogen-bond donors (Lipinski definition) is 5. The number of benzene rings is 4. The van der Waals surface area contributed by atoms with Crippen molar-refractivity contribution in [2.75, 3.05) is 17.7 Å². The summed E-state index contributed by atoms with van der Waals surface area (Å²) >= 11 is 0. The number of anilines is 2. The fourth-order valence-electron chi connectivity index (χ4n) is 4.07. The first-order valence-corrected chi connectivity index (χ1v) is 13.0. The first-order chi connectivity index (χ1) is 17.7. The van der Waals surface area contributed by atoms with E-state index in [1.165, 1.54) is 6.07 Å². The third-order valence-electron chi connectivity index (χ3n) is 5.92. The van der Waals surface area contributed by atoms with Crippen LogP contribution in [0.3, 0.4) is 0 Å². The van der Waals surface area contributed by atoms with Gasteiger partial charge in [-0.15, -0.1) is 0 Å². The third kappa shape index (κ3) is 6.03. The van der Waals surface area contributed by atoms with Crippen molar-refractivity contribution in [1.29, 1.82) is 5.41 Å². The molecular formula is C28H27N5O3S. The second kappa shape index (κ2) is 10.7. The summed E-state index contributed by atoms with van der Waals surface area (Å²) in [6, 6.07) is 26.3. The SMILES string of the molecule is CNc1ccc(C(=O)Nc2ccc(-c3ccccc3S(N)(=O)=O)cc2)c(Cc2cccc(C(=N)N)c2)c1. The molecule has 4 aromatic rings. The number of carbonyl (C=O) groups is 1. The van der Waals surface area contributed by atoms with Gasteiger partial charge in [0.05, 0.1) is 4.90 Å². The third-order valence-corrected chi connectivity index (χ3v) is 6.89. The lowest BCUT2D eigenvalue weighted by atomic mass is 9.97. The van der Waals surface area contributed by atoms with Gasteiger partial charge < -0.3 is 16.4 Å². The van der Waals surface area contributed by atoms with Gasteiger partial charge in [0.2, 0.25) is 10.0 Å². The van der Waals surface area contributed by atoms with E-state index in [0.717, 1.165) is 16.8 Å². The van der Waals surface area contributed by atoms with Crippen LogP contribution < -0.4 is 21.5 Å². The predicted octanol–water partition coefficient (Wildman–Crippen LogP) is 4.17. The van der Waals surface area contributed by atoms with Gasteiger partial charge >= 0.3 is 0 Å². The fourth-order valence-corrected chi connectivity index (χ4v) is 4.83. The van der Waals surface area contributed by atoms with Gasteiger partial charge in [0, 0.05) is 35.1 Å². The number of carbonyl (C=O) groups excluding carboxylic acids is 1. The number of nitrogen functional groups attached to an aromatic ring is 1. The Hall–Kier alpha value is -4.47. The molecule has 0 aliphatic carbocycles. The van der Waals surface area contributed by atoms with Crippen molar-refractivity contribution in [3.05, 3.63) is 113 Å². The molecule has 0 radical (unpaired) electrons. The number of nitrogens with one attached hydrogen (secondary N) is 3. The van der Waals surface area contributed by atoms with Crippen molar-refractivity contribution in [2.45, 2.75) is 11.3 Å². The molecule has 9 heteroatoms. The number of amides is 1. The molecule has 0 bridgehead atoms. The number of hydrogen-bond acceptors (Lipinski definition) is 5. The Bertz CT molecular complexity index is 1580. The van der Waals surface area contributed by atoms with E-state index < -0.39 is 10.0 Å².